The largest absolute Gasteiger partial charge is 0.490 e. The van der Waals surface area contributed by atoms with Crippen molar-refractivity contribution in [2.75, 3.05) is 13.2 Å². The van der Waals surface area contributed by atoms with Crippen LogP contribution in [0.15, 0.2) is 18.2 Å². The number of aliphatic hydroxyl groups is 2. The Hall–Kier alpha value is -1.39. The molecule has 18 heavy (non-hydrogen) atoms. The molecule has 0 aliphatic rings. The molecule has 0 fully saturated rings. The van der Waals surface area contributed by atoms with E-state index in [0.717, 1.165) is 18.4 Å². The fourth-order valence-electron chi connectivity index (χ4n) is 1.66. The van der Waals surface area contributed by atoms with Crippen LogP contribution in [0.4, 0.5) is 0 Å². The lowest BCUT2D eigenvalue weighted by Crippen LogP contribution is -2.15. The number of ketones is 1. The van der Waals surface area contributed by atoms with Crippen molar-refractivity contribution in [2.24, 2.45) is 0 Å². The van der Waals surface area contributed by atoms with E-state index in [1.54, 1.807) is 19.1 Å². The van der Waals surface area contributed by atoms with Crippen LogP contribution in [0.25, 0.3) is 0 Å². The second-order valence-electron chi connectivity index (χ2n) is 4.32. The van der Waals surface area contributed by atoms with E-state index in [4.69, 9.17) is 9.84 Å². The molecule has 0 aliphatic heterocycles. The molecule has 0 radical (unpaired) electrons. The zero-order chi connectivity index (χ0) is 13.5. The van der Waals surface area contributed by atoms with Crippen molar-refractivity contribution in [1.29, 1.82) is 0 Å². The van der Waals surface area contributed by atoms with Crippen molar-refractivity contribution in [3.05, 3.63) is 29.3 Å². The molecule has 1 atom stereocenters. The summed E-state index contributed by atoms with van der Waals surface area (Å²) in [5, 5.41) is 18.1. The van der Waals surface area contributed by atoms with E-state index in [1.165, 1.54) is 0 Å². The first-order chi connectivity index (χ1) is 8.58. The molecule has 100 valence electrons. The highest BCUT2D eigenvalue weighted by molar-refractivity contribution is 5.99. The van der Waals surface area contributed by atoms with Crippen LogP contribution < -0.4 is 4.74 Å². The maximum atomic E-state index is 11.6. The Bertz CT molecular complexity index is 399. The summed E-state index contributed by atoms with van der Waals surface area (Å²) in [5.74, 6) is 0.0448. The molecule has 0 aliphatic carbocycles. The van der Waals surface area contributed by atoms with Crippen LogP contribution in [0.2, 0.25) is 0 Å². The summed E-state index contributed by atoms with van der Waals surface area (Å²) < 4.78 is 5.37. The third-order valence-corrected chi connectivity index (χ3v) is 2.51. The molecule has 1 aromatic carbocycles. The third kappa shape index (κ3) is 4.13. The van der Waals surface area contributed by atoms with Crippen molar-refractivity contribution < 1.29 is 19.7 Å². The number of hydrogen-bond acceptors (Lipinski definition) is 4. The van der Waals surface area contributed by atoms with Crippen molar-refractivity contribution in [3.8, 4) is 5.75 Å². The van der Waals surface area contributed by atoms with Crippen molar-refractivity contribution in [3.63, 3.8) is 0 Å². The van der Waals surface area contributed by atoms with Gasteiger partial charge in [-0.1, -0.05) is 19.4 Å². The Morgan fingerprint density at radius 1 is 1.44 bits per heavy atom. The number of carbonyl (C=O) groups is 1. The van der Waals surface area contributed by atoms with Gasteiger partial charge in [0, 0.05) is 0 Å². The molecule has 0 heterocycles. The van der Waals surface area contributed by atoms with Gasteiger partial charge in [-0.15, -0.1) is 0 Å². The van der Waals surface area contributed by atoms with Crippen LogP contribution in [-0.2, 0) is 6.42 Å². The van der Waals surface area contributed by atoms with Gasteiger partial charge in [0.05, 0.1) is 11.7 Å². The summed E-state index contributed by atoms with van der Waals surface area (Å²) >= 11 is 0. The molecule has 1 aromatic rings. The lowest BCUT2D eigenvalue weighted by atomic mass is 10.0. The predicted octanol–water partition coefficient (Wildman–Crippen LogP) is 1.57. The Morgan fingerprint density at radius 2 is 2.17 bits per heavy atom. The summed E-state index contributed by atoms with van der Waals surface area (Å²) in [5.41, 5.74) is 1.42. The molecule has 0 aromatic heterocycles. The summed E-state index contributed by atoms with van der Waals surface area (Å²) in [6.45, 7) is 3.25. The molecular formula is C14H20O4. The summed E-state index contributed by atoms with van der Waals surface area (Å²) in [6.07, 6.45) is 1.26. The average molecular weight is 252 g/mol. The quantitative estimate of drug-likeness (QED) is 0.723. The van der Waals surface area contributed by atoms with Crippen LogP contribution in [0.3, 0.4) is 0 Å². The Balaban J connectivity index is 2.97. The van der Waals surface area contributed by atoms with Crippen LogP contribution in [0, 0.1) is 0 Å². The Kier molecular flexibility index (Phi) is 5.82. The average Bonchev–Trinajstić information content (AvgIpc) is 2.36. The van der Waals surface area contributed by atoms with E-state index in [1.807, 2.05) is 6.07 Å². The molecule has 0 amide bonds. The minimum absolute atomic E-state index is 0.124. The SMILES string of the molecule is CCCc1ccc(OCC(C)O)c(C(=O)CO)c1. The summed E-state index contributed by atoms with van der Waals surface area (Å²) in [6, 6.07) is 5.37. The second-order valence-corrected chi connectivity index (χ2v) is 4.32. The number of hydrogen-bond donors (Lipinski definition) is 2. The fourth-order valence-corrected chi connectivity index (χ4v) is 1.66. The lowest BCUT2D eigenvalue weighted by molar-refractivity contribution is 0.0890. The lowest BCUT2D eigenvalue weighted by Gasteiger charge is -2.13. The van der Waals surface area contributed by atoms with E-state index in [2.05, 4.69) is 6.92 Å². The number of aryl methyl sites for hydroxylation is 1. The first-order valence-corrected chi connectivity index (χ1v) is 6.16. The summed E-state index contributed by atoms with van der Waals surface area (Å²) in [7, 11) is 0. The molecule has 0 saturated carbocycles. The maximum Gasteiger partial charge on any atom is 0.191 e. The van der Waals surface area contributed by atoms with Crippen LogP contribution in [-0.4, -0.2) is 35.3 Å². The maximum absolute atomic E-state index is 11.6. The monoisotopic (exact) mass is 252 g/mol. The Morgan fingerprint density at radius 3 is 2.72 bits per heavy atom. The molecule has 4 heteroatoms. The number of Topliss-reactive ketones (excluding diaryl/α,β-unsaturated/α-hetero) is 1. The predicted molar refractivity (Wildman–Crippen MR) is 69.0 cm³/mol. The van der Waals surface area contributed by atoms with Crippen LogP contribution in [0.1, 0.15) is 36.2 Å². The zero-order valence-electron chi connectivity index (χ0n) is 10.8. The van der Waals surface area contributed by atoms with Crippen molar-refractivity contribution >= 4 is 5.78 Å². The number of benzene rings is 1. The highest BCUT2D eigenvalue weighted by Crippen LogP contribution is 2.22. The molecule has 0 saturated heterocycles. The minimum atomic E-state index is -0.600. The second kappa shape index (κ2) is 7.13. The molecule has 1 unspecified atom stereocenters. The number of aliphatic hydroxyl groups excluding tert-OH is 2. The van der Waals surface area contributed by atoms with Crippen LogP contribution in [0.5, 0.6) is 5.75 Å². The fraction of sp³-hybridized carbons (Fsp3) is 0.500. The van der Waals surface area contributed by atoms with Crippen molar-refractivity contribution in [1.82, 2.24) is 0 Å². The molecular weight excluding hydrogens is 232 g/mol. The van der Waals surface area contributed by atoms with Gasteiger partial charge in [0.2, 0.25) is 0 Å². The van der Waals surface area contributed by atoms with Gasteiger partial charge < -0.3 is 14.9 Å². The molecule has 4 nitrogen and oxygen atoms in total. The van der Waals surface area contributed by atoms with Gasteiger partial charge in [-0.05, 0) is 31.0 Å². The minimum Gasteiger partial charge on any atom is -0.490 e. The van der Waals surface area contributed by atoms with E-state index in [-0.39, 0.29) is 12.4 Å². The van der Waals surface area contributed by atoms with E-state index in [0.29, 0.717) is 11.3 Å². The van der Waals surface area contributed by atoms with Gasteiger partial charge in [0.25, 0.3) is 0 Å². The van der Waals surface area contributed by atoms with Crippen molar-refractivity contribution in [2.45, 2.75) is 32.8 Å². The zero-order valence-corrected chi connectivity index (χ0v) is 10.8. The molecule has 1 rings (SSSR count). The smallest absolute Gasteiger partial charge is 0.191 e. The van der Waals surface area contributed by atoms with Gasteiger partial charge in [-0.2, -0.15) is 0 Å². The third-order valence-electron chi connectivity index (χ3n) is 2.51. The normalized spacial score (nSPS) is 12.2. The Labute approximate surface area is 107 Å². The molecule has 0 spiro atoms. The van der Waals surface area contributed by atoms with Crippen LogP contribution >= 0.6 is 0 Å². The molecule has 2 N–H and O–H groups in total. The molecule has 0 bridgehead atoms. The standard InChI is InChI=1S/C14H20O4/c1-3-4-11-5-6-14(18-9-10(2)16)12(7-11)13(17)8-15/h5-7,10,15-16H,3-4,8-9H2,1-2H3. The summed E-state index contributed by atoms with van der Waals surface area (Å²) in [4.78, 5) is 11.6. The number of carbonyl (C=O) groups excluding carboxylic acids is 1. The first-order valence-electron chi connectivity index (χ1n) is 6.16. The van der Waals surface area contributed by atoms with Gasteiger partial charge in [0.1, 0.15) is 19.0 Å². The highest BCUT2D eigenvalue weighted by atomic mass is 16.5. The number of ether oxygens (including phenoxy) is 1. The van der Waals surface area contributed by atoms with Gasteiger partial charge in [-0.25, -0.2) is 0 Å². The highest BCUT2D eigenvalue weighted by Gasteiger charge is 2.13. The topological polar surface area (TPSA) is 66.8 Å². The number of rotatable bonds is 7. The van der Waals surface area contributed by atoms with E-state index >= 15 is 0 Å². The van der Waals surface area contributed by atoms with E-state index in [9.17, 15) is 9.90 Å². The van der Waals surface area contributed by atoms with E-state index < -0.39 is 12.7 Å². The first kappa shape index (κ1) is 14.7. The van der Waals surface area contributed by atoms with Gasteiger partial charge >= 0.3 is 0 Å². The van der Waals surface area contributed by atoms with Gasteiger partial charge in [0.15, 0.2) is 5.78 Å². The van der Waals surface area contributed by atoms with Gasteiger partial charge in [-0.3, -0.25) is 4.79 Å².